The molecule has 0 saturated heterocycles. The minimum Gasteiger partial charge on any atom is -0.493 e. The Kier molecular flexibility index (Phi) is 3.49. The highest BCUT2D eigenvalue weighted by molar-refractivity contribution is 5.40. The second-order valence-electron chi connectivity index (χ2n) is 4.72. The van der Waals surface area contributed by atoms with Gasteiger partial charge in [0.25, 0.3) is 0 Å². The highest BCUT2D eigenvalue weighted by atomic mass is 16.5. The summed E-state index contributed by atoms with van der Waals surface area (Å²) in [6, 6.07) is 9.42. The molecule has 0 spiro atoms. The molecular weight excluding hydrogens is 198 g/mol. The van der Waals surface area contributed by atoms with Crippen molar-refractivity contribution in [3.8, 4) is 5.75 Å². The van der Waals surface area contributed by atoms with E-state index < -0.39 is 0 Å². The number of ether oxygens (including phenoxy) is 1. The lowest BCUT2D eigenvalue weighted by Crippen LogP contribution is -2.38. The maximum atomic E-state index is 5.71. The van der Waals surface area contributed by atoms with Crippen LogP contribution in [0.25, 0.3) is 0 Å². The first-order valence-electron chi connectivity index (χ1n) is 6.20. The summed E-state index contributed by atoms with van der Waals surface area (Å²) in [4.78, 5) is 0. The van der Waals surface area contributed by atoms with E-state index >= 15 is 0 Å². The van der Waals surface area contributed by atoms with Crippen LogP contribution in [0.5, 0.6) is 5.75 Å². The SMILES string of the molecule is CCC(C)NC(C)C1COc2ccccc21. The van der Waals surface area contributed by atoms with E-state index in [1.165, 1.54) is 12.0 Å². The first-order chi connectivity index (χ1) is 7.72. The number of nitrogens with one attached hydrogen (secondary N) is 1. The summed E-state index contributed by atoms with van der Waals surface area (Å²) in [5, 5.41) is 3.63. The molecule has 1 aliphatic heterocycles. The molecule has 3 unspecified atom stereocenters. The van der Waals surface area contributed by atoms with Crippen LogP contribution in [0.2, 0.25) is 0 Å². The maximum absolute atomic E-state index is 5.71. The number of rotatable bonds is 4. The van der Waals surface area contributed by atoms with Crippen LogP contribution >= 0.6 is 0 Å². The quantitative estimate of drug-likeness (QED) is 0.840. The minimum absolute atomic E-state index is 0.471. The molecule has 0 radical (unpaired) electrons. The van der Waals surface area contributed by atoms with Gasteiger partial charge >= 0.3 is 0 Å². The Morgan fingerprint density at radius 3 is 2.88 bits per heavy atom. The molecule has 1 aromatic carbocycles. The molecule has 0 aliphatic carbocycles. The molecule has 0 bridgehead atoms. The summed E-state index contributed by atoms with van der Waals surface area (Å²) in [5.74, 6) is 1.55. The highest BCUT2D eigenvalue weighted by Crippen LogP contribution is 2.35. The van der Waals surface area contributed by atoms with Crippen LogP contribution in [0.4, 0.5) is 0 Å². The van der Waals surface area contributed by atoms with Crippen LogP contribution in [-0.4, -0.2) is 18.7 Å². The maximum Gasteiger partial charge on any atom is 0.122 e. The zero-order chi connectivity index (χ0) is 11.5. The van der Waals surface area contributed by atoms with Crippen LogP contribution in [0.3, 0.4) is 0 Å². The van der Waals surface area contributed by atoms with Crippen LogP contribution in [0.15, 0.2) is 24.3 Å². The molecule has 1 aliphatic rings. The molecule has 3 atom stereocenters. The Hall–Kier alpha value is -1.02. The summed E-state index contributed by atoms with van der Waals surface area (Å²) < 4.78 is 5.71. The van der Waals surface area contributed by atoms with Gasteiger partial charge in [-0.25, -0.2) is 0 Å². The van der Waals surface area contributed by atoms with Crippen molar-refractivity contribution in [3.05, 3.63) is 29.8 Å². The predicted molar refractivity (Wildman–Crippen MR) is 67.0 cm³/mol. The summed E-state index contributed by atoms with van der Waals surface area (Å²) in [6.45, 7) is 7.51. The van der Waals surface area contributed by atoms with Crippen LogP contribution in [-0.2, 0) is 0 Å². The Balaban J connectivity index is 2.07. The van der Waals surface area contributed by atoms with Crippen molar-refractivity contribution in [2.75, 3.05) is 6.61 Å². The van der Waals surface area contributed by atoms with Crippen molar-refractivity contribution in [1.29, 1.82) is 0 Å². The second kappa shape index (κ2) is 4.88. The van der Waals surface area contributed by atoms with Gasteiger partial charge in [0, 0.05) is 23.6 Å². The van der Waals surface area contributed by atoms with Crippen LogP contribution < -0.4 is 10.1 Å². The predicted octanol–water partition coefficient (Wildman–Crippen LogP) is 2.94. The van der Waals surface area contributed by atoms with Gasteiger partial charge in [0.2, 0.25) is 0 Å². The number of fused-ring (bicyclic) bond motifs is 1. The molecule has 1 N–H and O–H groups in total. The van der Waals surface area contributed by atoms with Crippen molar-refractivity contribution in [1.82, 2.24) is 5.32 Å². The van der Waals surface area contributed by atoms with Crippen molar-refractivity contribution < 1.29 is 4.74 Å². The summed E-state index contributed by atoms with van der Waals surface area (Å²) >= 11 is 0. The van der Waals surface area contributed by atoms with Crippen molar-refractivity contribution >= 4 is 0 Å². The third-order valence-electron chi connectivity index (χ3n) is 3.50. The molecule has 88 valence electrons. The van der Waals surface area contributed by atoms with Gasteiger partial charge in [0.15, 0.2) is 0 Å². The fourth-order valence-corrected chi connectivity index (χ4v) is 2.28. The molecule has 1 aromatic rings. The number of hydrogen-bond donors (Lipinski definition) is 1. The third-order valence-corrected chi connectivity index (χ3v) is 3.50. The Bertz CT molecular complexity index is 350. The van der Waals surface area contributed by atoms with E-state index in [0.717, 1.165) is 12.4 Å². The Morgan fingerprint density at radius 1 is 1.38 bits per heavy atom. The first kappa shape index (κ1) is 11.5. The smallest absolute Gasteiger partial charge is 0.122 e. The lowest BCUT2D eigenvalue weighted by molar-refractivity contribution is 0.295. The molecule has 1 heterocycles. The van der Waals surface area contributed by atoms with E-state index in [4.69, 9.17) is 4.74 Å². The lowest BCUT2D eigenvalue weighted by Gasteiger charge is -2.23. The van der Waals surface area contributed by atoms with Gasteiger partial charge in [-0.2, -0.15) is 0 Å². The van der Waals surface area contributed by atoms with E-state index in [1.807, 2.05) is 6.07 Å². The molecule has 0 fully saturated rings. The van der Waals surface area contributed by atoms with Gasteiger partial charge in [-0.3, -0.25) is 0 Å². The van der Waals surface area contributed by atoms with E-state index in [9.17, 15) is 0 Å². The number of hydrogen-bond acceptors (Lipinski definition) is 2. The summed E-state index contributed by atoms with van der Waals surface area (Å²) in [5.41, 5.74) is 1.35. The normalized spacial score (nSPS) is 22.3. The molecule has 0 aromatic heterocycles. The van der Waals surface area contributed by atoms with Crippen LogP contribution in [0.1, 0.15) is 38.7 Å². The average Bonchev–Trinajstić information content (AvgIpc) is 2.72. The minimum atomic E-state index is 0.471. The van der Waals surface area contributed by atoms with Crippen LogP contribution in [0, 0.1) is 0 Å². The third kappa shape index (κ3) is 2.22. The largest absolute Gasteiger partial charge is 0.493 e. The van der Waals surface area contributed by atoms with Gasteiger partial charge in [0.1, 0.15) is 5.75 Å². The van der Waals surface area contributed by atoms with Crippen molar-refractivity contribution in [3.63, 3.8) is 0 Å². The van der Waals surface area contributed by atoms with E-state index in [-0.39, 0.29) is 0 Å². The van der Waals surface area contributed by atoms with Gasteiger partial charge < -0.3 is 10.1 Å². The molecule has 0 saturated carbocycles. The molecule has 16 heavy (non-hydrogen) atoms. The van der Waals surface area contributed by atoms with Gasteiger partial charge in [0.05, 0.1) is 6.61 Å². The molecule has 2 heteroatoms. The van der Waals surface area contributed by atoms with E-state index in [0.29, 0.717) is 18.0 Å². The van der Waals surface area contributed by atoms with Gasteiger partial charge in [-0.1, -0.05) is 25.1 Å². The molecular formula is C14H21NO. The summed E-state index contributed by atoms with van der Waals surface area (Å²) in [6.07, 6.45) is 1.17. The number of para-hydroxylation sites is 1. The topological polar surface area (TPSA) is 21.3 Å². The monoisotopic (exact) mass is 219 g/mol. The lowest BCUT2D eigenvalue weighted by atomic mass is 9.94. The number of benzene rings is 1. The standard InChI is InChI=1S/C14H21NO/c1-4-10(2)15-11(3)13-9-16-14-8-6-5-7-12(13)14/h5-8,10-11,13,15H,4,9H2,1-3H3. The van der Waals surface area contributed by atoms with Gasteiger partial charge in [-0.05, 0) is 26.3 Å². The van der Waals surface area contributed by atoms with E-state index in [2.05, 4.69) is 44.3 Å². The van der Waals surface area contributed by atoms with Gasteiger partial charge in [-0.15, -0.1) is 0 Å². The molecule has 2 rings (SSSR count). The highest BCUT2D eigenvalue weighted by Gasteiger charge is 2.28. The fourth-order valence-electron chi connectivity index (χ4n) is 2.28. The average molecular weight is 219 g/mol. The summed E-state index contributed by atoms with van der Waals surface area (Å²) in [7, 11) is 0. The zero-order valence-corrected chi connectivity index (χ0v) is 10.4. The fraction of sp³-hybridized carbons (Fsp3) is 0.571. The Labute approximate surface area is 98.0 Å². The Morgan fingerprint density at radius 2 is 2.12 bits per heavy atom. The zero-order valence-electron chi connectivity index (χ0n) is 10.4. The van der Waals surface area contributed by atoms with Crippen molar-refractivity contribution in [2.24, 2.45) is 0 Å². The van der Waals surface area contributed by atoms with Crippen molar-refractivity contribution in [2.45, 2.75) is 45.2 Å². The molecule has 0 amide bonds. The molecule has 2 nitrogen and oxygen atoms in total. The van der Waals surface area contributed by atoms with E-state index in [1.54, 1.807) is 0 Å². The first-order valence-corrected chi connectivity index (χ1v) is 6.20. The second-order valence-corrected chi connectivity index (χ2v) is 4.72.